The van der Waals surface area contributed by atoms with Crippen molar-refractivity contribution in [3.8, 4) is 0 Å². The molecular formula is H74P74. The van der Waals surface area contributed by atoms with Gasteiger partial charge in [0.15, 0.2) is 0 Å². The Kier molecular flexibility index (Phi) is 82.6. The molecule has 0 saturated heterocycles. The molecule has 0 amide bonds. The average Bonchev–Trinajstić information content (AvgIpc) is 3.16. The Morgan fingerprint density at radius 3 is 0.270 bits per heavy atom. The van der Waals surface area contributed by atoms with Gasteiger partial charge < -0.3 is 0 Å². The van der Waals surface area contributed by atoms with Gasteiger partial charge in [-0.3, -0.25) is 0 Å². The van der Waals surface area contributed by atoms with E-state index in [1.54, 1.807) is 0 Å². The second kappa shape index (κ2) is 57.8. The van der Waals surface area contributed by atoms with Crippen LogP contribution in [0.1, 0.15) is 0 Å². The Hall–Kier alpha value is 31.8. The van der Waals surface area contributed by atoms with Crippen LogP contribution < -0.4 is 0 Å². The van der Waals surface area contributed by atoms with Gasteiger partial charge in [-0.25, -0.2) is 0 Å². The highest BCUT2D eigenvalue weighted by Crippen LogP contribution is 3.51. The summed E-state index contributed by atoms with van der Waals surface area (Å²) in [6.45, 7) is -12.2. The monoisotopic (exact) mass is 2370 g/mol. The maximum Gasteiger partial charge on any atom is -0.00000679 e. The smallest absolute Gasteiger partial charge is 0.00000679 e. The molecule has 2 radical (unpaired) electrons. The van der Waals surface area contributed by atoms with E-state index in [0.717, 1.165) is 0 Å². The lowest BCUT2D eigenvalue weighted by Crippen LogP contribution is -1.74. The molecule has 40 unspecified atom stereocenters. The summed E-state index contributed by atoms with van der Waals surface area (Å²) >= 11 is 0. The maximum absolute atomic E-state index is 4.69. The molecule has 0 rings (SSSR count). The van der Waals surface area contributed by atoms with Crippen LogP contribution in [-0.4, -0.2) is 0 Å². The second-order valence-corrected chi connectivity index (χ2v) is 316. The van der Waals surface area contributed by atoms with Crippen LogP contribution in [0.4, 0.5) is 0 Å². The molecule has 0 aliphatic heterocycles. The zero-order chi connectivity index (χ0) is 58.8. The number of hydrogen-bond acceptors (Lipinski definition) is 0. The molecule has 0 aromatic rings. The van der Waals surface area contributed by atoms with E-state index in [9.17, 15) is 0 Å². The van der Waals surface area contributed by atoms with E-state index in [-0.39, 0.29) is 217 Å². The van der Waals surface area contributed by atoms with Gasteiger partial charge in [0.2, 0.25) is 0 Å². The SMILES string of the molecule is [PH]P([PH])P(P(P)P)P(P(P)P)P(P(P(P(P)P)P(P)P)P(P(P)P)P(P)P)P(P(P(P(P)P)P(P)P)P(P(P)P)P(P)P)P(P(P(P(P)P)P(P)P)P(P(P)P)P(P)P)P(P(P(P)P)P(P)P)P(P(P)P)P(P)P. The highest BCUT2D eigenvalue weighted by atomic mass is 33.6. The van der Waals surface area contributed by atoms with E-state index >= 15 is 0 Å². The molecule has 0 bridgehead atoms. The van der Waals surface area contributed by atoms with Crippen LogP contribution in [0.2, 0.25) is 0 Å². The van der Waals surface area contributed by atoms with E-state index in [1.165, 1.54) is 0 Å². The van der Waals surface area contributed by atoms with Crippen molar-refractivity contribution in [2.75, 3.05) is 0 Å². The molecule has 0 spiro atoms. The van der Waals surface area contributed by atoms with Crippen molar-refractivity contribution < 1.29 is 0 Å². The fraction of sp³-hybridized carbons (Fsp3) is 0. The zero-order valence-electron chi connectivity index (χ0n) is 37.9. The summed E-state index contributed by atoms with van der Waals surface area (Å²) in [6, 6.07) is 0. The molecule has 444 valence electrons. The molecular weight excluding hydrogens is 2290 g/mol. The fourth-order valence-electron chi connectivity index (χ4n) is 4.47. The first-order chi connectivity index (χ1) is 33.6. The number of hydrogen-bond donors (Lipinski definition) is 0. The lowest BCUT2D eigenvalue weighted by Gasteiger charge is -2.62. The Balaban J connectivity index is 12.1. The molecule has 74 heavy (non-hydrogen) atoms. The Labute approximate surface area is 581 Å². The van der Waals surface area contributed by atoms with Gasteiger partial charge in [0.1, 0.15) is 0 Å². The van der Waals surface area contributed by atoms with Gasteiger partial charge in [-0.15, -0.1) is 321 Å². The highest BCUT2D eigenvalue weighted by Gasteiger charge is 2.64. The standard InChI is InChI=1S/H74P74/c1-39(2)58(40(3)4)67(57(37)38)72(68(59(41(5)6)42(7)8)60(43(9)10)44(11)12)74(71(65(53(29)30)54(31)32)66(55(33)34)56(35)36)73(69(61(45(13)14)46(15)16)62(47(17)18)48(19)20)70(63(49(21)22)50(23)24)64(51(25)26)52(27)28/h1-2H,3-38H2. The molecule has 74 heteroatoms. The van der Waals surface area contributed by atoms with Crippen molar-refractivity contribution in [1.29, 1.82) is 0 Å². The van der Waals surface area contributed by atoms with Crippen molar-refractivity contribution in [2.24, 2.45) is 0 Å². The highest BCUT2D eigenvalue weighted by molar-refractivity contribution is 9.57. The Morgan fingerprint density at radius 1 is 0.108 bits per heavy atom. The average molecular weight is 2370 g/mol. The first-order valence-corrected chi connectivity index (χ1v) is 151. The first-order valence-electron chi connectivity index (χ1n) is 16.7. The largest absolute Gasteiger partial charge is 0.102 e. The molecule has 0 N–H and O–H groups in total. The van der Waals surface area contributed by atoms with E-state index in [1.807, 2.05) is 0 Å². The Bertz CT molecular complexity index is 1230. The van der Waals surface area contributed by atoms with Gasteiger partial charge in [0, 0.05) is 0 Å². The molecule has 0 aromatic carbocycles. The summed E-state index contributed by atoms with van der Waals surface area (Å²) in [6.07, 6.45) is 0. The van der Waals surface area contributed by atoms with E-state index in [2.05, 4.69) is 321 Å². The van der Waals surface area contributed by atoms with Gasteiger partial charge in [-0.05, 0) is 252 Å². The van der Waals surface area contributed by atoms with Gasteiger partial charge in [-0.1, -0.05) is 17.9 Å². The fourth-order valence-corrected chi connectivity index (χ4v) is 1090. The van der Waals surface area contributed by atoms with Crippen LogP contribution in [0, 0.1) is 0 Å². The molecule has 0 aromatic heterocycles. The van der Waals surface area contributed by atoms with E-state index in [4.69, 9.17) is 17.9 Å². The summed E-state index contributed by atoms with van der Waals surface area (Å²) in [4.78, 5) is 0. The van der Waals surface area contributed by atoms with Gasteiger partial charge in [-0.2, -0.15) is 0 Å². The summed E-state index contributed by atoms with van der Waals surface area (Å²) < 4.78 is 0. The molecule has 0 fully saturated rings. The molecule has 0 aliphatic carbocycles. The predicted octanol–water partition coefficient (Wildman–Crippen LogP) is 43.9. The third-order valence-electron chi connectivity index (χ3n) is 6.46. The van der Waals surface area contributed by atoms with Gasteiger partial charge in [0.25, 0.3) is 0 Å². The lowest BCUT2D eigenvalue weighted by molar-refractivity contribution is 4.31. The van der Waals surface area contributed by atoms with Crippen LogP contribution in [0.15, 0.2) is 0 Å². The first kappa shape index (κ1) is 106. The maximum atomic E-state index is 4.69. The van der Waals surface area contributed by atoms with Gasteiger partial charge >= 0.3 is 0 Å². The minimum absolute atomic E-state index is 0.284. The molecule has 0 heterocycles. The summed E-state index contributed by atoms with van der Waals surface area (Å²) in [5, 5.41) is 0. The van der Waals surface area contributed by atoms with E-state index in [0.29, 0.717) is 0 Å². The van der Waals surface area contributed by atoms with Crippen molar-refractivity contribution in [2.45, 2.75) is 0 Å². The van der Waals surface area contributed by atoms with Crippen LogP contribution in [0.25, 0.3) is 0 Å². The van der Waals surface area contributed by atoms with Crippen molar-refractivity contribution in [3.05, 3.63) is 0 Å². The number of rotatable bonds is 35. The lowest BCUT2D eigenvalue weighted by atomic mass is 28.4. The van der Waals surface area contributed by atoms with Crippen LogP contribution in [0.5, 0.6) is 0 Å². The molecule has 40 atom stereocenters. The summed E-state index contributed by atoms with van der Waals surface area (Å²) in [5.74, 6) is 0. The second-order valence-electron chi connectivity index (χ2n) is 11.7. The predicted molar refractivity (Wildman–Crippen MR) is 615 cm³/mol. The molecule has 0 saturated carbocycles. The van der Waals surface area contributed by atoms with E-state index < -0.39 is 34.9 Å². The quantitative estimate of drug-likeness (QED) is 0.0555. The van der Waals surface area contributed by atoms with Crippen molar-refractivity contribution in [3.63, 3.8) is 0 Å². The summed E-state index contributed by atoms with van der Waals surface area (Å²) in [7, 11) is 140. The van der Waals surface area contributed by atoms with Crippen molar-refractivity contribution >= 4 is 591 Å². The van der Waals surface area contributed by atoms with Crippen LogP contribution in [-0.2, 0) is 0 Å². The zero-order valence-corrected chi connectivity index (χ0v) is 114. The van der Waals surface area contributed by atoms with Crippen LogP contribution in [0.3, 0.4) is 0 Å². The third-order valence-corrected chi connectivity index (χ3v) is 523. The third kappa shape index (κ3) is 37.2. The molecule has 0 aliphatic rings. The topological polar surface area (TPSA) is 0 Å². The Morgan fingerprint density at radius 2 is 0.189 bits per heavy atom. The summed E-state index contributed by atoms with van der Waals surface area (Å²) in [5.41, 5.74) is 0. The van der Waals surface area contributed by atoms with Crippen molar-refractivity contribution in [1.82, 2.24) is 0 Å². The van der Waals surface area contributed by atoms with Gasteiger partial charge in [0.05, 0.1) is 0 Å². The van der Waals surface area contributed by atoms with Crippen LogP contribution >= 0.6 is 591 Å². The normalized spacial score (nSPS) is 15.8. The minimum Gasteiger partial charge on any atom is -0.102 e. The minimum atomic E-state index is -0.519. The molecule has 0 nitrogen and oxygen atoms in total.